The number of nitrogens with zero attached hydrogens (tertiary/aromatic N) is 5. The summed E-state index contributed by atoms with van der Waals surface area (Å²) in [7, 11) is 0. The van der Waals surface area contributed by atoms with E-state index in [0.717, 1.165) is 5.52 Å². The number of carbonyl (C=O) groups is 3. The molecule has 2 aromatic rings. The van der Waals surface area contributed by atoms with Gasteiger partial charge >= 0.3 is 5.97 Å². The highest BCUT2D eigenvalue weighted by molar-refractivity contribution is 8.02. The number of aromatic nitrogens is 3. The number of carboxylic acid groups (broad SMARTS) is 1. The van der Waals surface area contributed by atoms with Crippen LogP contribution >= 0.6 is 11.8 Å². The van der Waals surface area contributed by atoms with Crippen molar-refractivity contribution < 1.29 is 24.6 Å². The lowest BCUT2D eigenvalue weighted by atomic mass is 9.66. The Balaban J connectivity index is 1.60. The molecular formula is C27H35N5O5S. The molecule has 4 heterocycles. The summed E-state index contributed by atoms with van der Waals surface area (Å²) >= 11 is 1.49. The van der Waals surface area contributed by atoms with Gasteiger partial charge in [0.25, 0.3) is 0 Å². The van der Waals surface area contributed by atoms with E-state index in [1.54, 1.807) is 20.6 Å². The monoisotopic (exact) mass is 541 g/mol. The van der Waals surface area contributed by atoms with Gasteiger partial charge in [0, 0.05) is 11.3 Å². The van der Waals surface area contributed by atoms with Gasteiger partial charge in [-0.2, -0.15) is 0 Å². The fraction of sp³-hybridized carbons (Fsp3) is 0.593. The van der Waals surface area contributed by atoms with Crippen LogP contribution in [0.2, 0.25) is 0 Å². The summed E-state index contributed by atoms with van der Waals surface area (Å²) in [5.74, 6) is -3.43. The second-order valence-corrected chi connectivity index (χ2v) is 12.9. The van der Waals surface area contributed by atoms with Crippen molar-refractivity contribution in [1.29, 1.82) is 0 Å². The fourth-order valence-electron chi connectivity index (χ4n) is 6.92. The average Bonchev–Trinajstić information content (AvgIpc) is 3.60. The van der Waals surface area contributed by atoms with E-state index in [0.29, 0.717) is 24.8 Å². The van der Waals surface area contributed by atoms with Crippen molar-refractivity contribution in [1.82, 2.24) is 24.8 Å². The maximum Gasteiger partial charge on any atom is 0.308 e. The highest BCUT2D eigenvalue weighted by Gasteiger charge is 2.78. The number of aliphatic hydroxyl groups is 1. The molecule has 2 amide bonds. The third-order valence-electron chi connectivity index (χ3n) is 8.95. The van der Waals surface area contributed by atoms with Crippen LogP contribution in [0.25, 0.3) is 11.0 Å². The van der Waals surface area contributed by atoms with Gasteiger partial charge in [0.15, 0.2) is 0 Å². The van der Waals surface area contributed by atoms with E-state index in [9.17, 15) is 24.6 Å². The Kier molecular flexibility index (Phi) is 6.79. The fourth-order valence-corrected chi connectivity index (χ4v) is 9.25. The quantitative estimate of drug-likeness (QED) is 0.439. The standard InChI is InChI=1S/C27H35N5O5S/c1-5-13-30(15-31-18-10-8-7-9-17(18)28-29-31)24(35)22-27-12-11-26(4,38-27)21(25(36)37)20(27)23(34)32(22)19(14-33)16(3)6-2/h5,7-10,16,19-22,33H,1,6,11-15H2,2-4H3,(H,36,37)/t16-,19-,20-,21+,22?,26-,27?/m0/s1. The third kappa shape index (κ3) is 3.77. The Bertz CT molecular complexity index is 1280. The first-order valence-electron chi connectivity index (χ1n) is 13.2. The van der Waals surface area contributed by atoms with Crippen molar-refractivity contribution in [2.75, 3.05) is 13.2 Å². The first-order valence-corrected chi connectivity index (χ1v) is 14.0. The van der Waals surface area contributed by atoms with Gasteiger partial charge in [-0.1, -0.05) is 43.7 Å². The van der Waals surface area contributed by atoms with E-state index in [4.69, 9.17) is 0 Å². The molecule has 0 radical (unpaired) electrons. The predicted octanol–water partition coefficient (Wildman–Crippen LogP) is 2.38. The number of carbonyl (C=O) groups excluding carboxylic acids is 2. The van der Waals surface area contributed by atoms with Crippen LogP contribution in [-0.4, -0.2) is 87.5 Å². The molecule has 3 fully saturated rings. The Labute approximate surface area is 226 Å². The smallest absolute Gasteiger partial charge is 0.308 e. The van der Waals surface area contributed by atoms with Crippen molar-refractivity contribution in [3.63, 3.8) is 0 Å². The number of likely N-dealkylation sites (tertiary alicyclic amines) is 1. The number of hydrogen-bond acceptors (Lipinski definition) is 7. The van der Waals surface area contributed by atoms with Crippen molar-refractivity contribution in [2.24, 2.45) is 17.8 Å². The molecular weight excluding hydrogens is 506 g/mol. The number of amides is 2. The van der Waals surface area contributed by atoms with E-state index in [1.165, 1.54) is 11.8 Å². The molecule has 0 saturated carbocycles. The average molecular weight is 542 g/mol. The molecule has 2 unspecified atom stereocenters. The van der Waals surface area contributed by atoms with Crippen LogP contribution in [0.3, 0.4) is 0 Å². The van der Waals surface area contributed by atoms with E-state index >= 15 is 0 Å². The van der Waals surface area contributed by atoms with Crippen LogP contribution in [0.4, 0.5) is 0 Å². The van der Waals surface area contributed by atoms with Gasteiger partial charge in [0.05, 0.1) is 34.7 Å². The van der Waals surface area contributed by atoms with Gasteiger partial charge in [-0.05, 0) is 37.8 Å². The van der Waals surface area contributed by atoms with Gasteiger partial charge in [-0.15, -0.1) is 23.4 Å². The lowest BCUT2D eigenvalue weighted by molar-refractivity contribution is -0.151. The molecule has 0 aliphatic carbocycles. The Morgan fingerprint density at radius 3 is 2.74 bits per heavy atom. The van der Waals surface area contributed by atoms with E-state index < -0.39 is 39.4 Å². The second kappa shape index (κ2) is 9.68. The molecule has 1 aromatic heterocycles. The van der Waals surface area contributed by atoms with Crippen LogP contribution in [0, 0.1) is 17.8 Å². The maximum absolute atomic E-state index is 14.6. The Morgan fingerprint density at radius 2 is 2.08 bits per heavy atom. The van der Waals surface area contributed by atoms with E-state index in [1.807, 2.05) is 45.0 Å². The van der Waals surface area contributed by atoms with Crippen LogP contribution in [0.5, 0.6) is 0 Å². The third-order valence-corrected chi connectivity index (χ3v) is 10.9. The van der Waals surface area contributed by atoms with Crippen LogP contribution in [-0.2, 0) is 21.1 Å². The number of carboxylic acids is 1. The largest absolute Gasteiger partial charge is 0.481 e. The lowest BCUT2D eigenvalue weighted by Crippen LogP contribution is -2.58. The molecule has 3 aliphatic rings. The van der Waals surface area contributed by atoms with E-state index in [2.05, 4.69) is 16.9 Å². The summed E-state index contributed by atoms with van der Waals surface area (Å²) in [6.45, 7) is 9.69. The maximum atomic E-state index is 14.6. The summed E-state index contributed by atoms with van der Waals surface area (Å²) in [5.41, 5.74) is 1.47. The van der Waals surface area contributed by atoms with Gasteiger partial charge in [0.2, 0.25) is 11.8 Å². The van der Waals surface area contributed by atoms with Crippen LogP contribution in [0.1, 0.15) is 40.0 Å². The molecule has 2 N–H and O–H groups in total. The molecule has 38 heavy (non-hydrogen) atoms. The molecule has 11 heteroatoms. The number of aliphatic hydroxyl groups excluding tert-OH is 1. The van der Waals surface area contributed by atoms with Gasteiger partial charge in [-0.3, -0.25) is 14.4 Å². The summed E-state index contributed by atoms with van der Waals surface area (Å²) in [4.78, 5) is 44.4. The summed E-state index contributed by atoms with van der Waals surface area (Å²) < 4.78 is 0.135. The van der Waals surface area contributed by atoms with E-state index in [-0.39, 0.29) is 37.6 Å². The molecule has 204 valence electrons. The van der Waals surface area contributed by atoms with Crippen molar-refractivity contribution in [3.05, 3.63) is 36.9 Å². The van der Waals surface area contributed by atoms with Crippen molar-refractivity contribution in [3.8, 4) is 0 Å². The molecule has 2 bridgehead atoms. The number of benzene rings is 1. The van der Waals surface area contributed by atoms with Crippen LogP contribution < -0.4 is 0 Å². The summed E-state index contributed by atoms with van der Waals surface area (Å²) in [6, 6.07) is 5.97. The Morgan fingerprint density at radius 1 is 1.34 bits per heavy atom. The molecule has 7 atom stereocenters. The lowest BCUT2D eigenvalue weighted by Gasteiger charge is -2.41. The normalized spacial score (nSPS) is 31.4. The zero-order valence-electron chi connectivity index (χ0n) is 22.0. The summed E-state index contributed by atoms with van der Waals surface area (Å²) in [5, 5.41) is 29.1. The minimum atomic E-state index is -1.01. The number of para-hydroxylation sites is 1. The molecule has 3 saturated heterocycles. The van der Waals surface area contributed by atoms with Gasteiger partial charge in [0.1, 0.15) is 18.2 Å². The highest BCUT2D eigenvalue weighted by atomic mass is 32.2. The zero-order valence-corrected chi connectivity index (χ0v) is 22.8. The van der Waals surface area contributed by atoms with Crippen molar-refractivity contribution in [2.45, 2.75) is 68.3 Å². The number of fused-ring (bicyclic) bond motifs is 2. The SMILES string of the molecule is C=CCN(Cn1nnc2ccccc21)C(=O)C1N([C@@H](CO)[C@@H](C)CC)C(=O)[C@@H]2[C@H](C(=O)O)[C@]3(C)CCC12S3. The van der Waals surface area contributed by atoms with Gasteiger partial charge < -0.3 is 20.0 Å². The van der Waals surface area contributed by atoms with Crippen molar-refractivity contribution >= 4 is 40.6 Å². The zero-order chi connectivity index (χ0) is 27.4. The molecule has 5 rings (SSSR count). The van der Waals surface area contributed by atoms with Crippen LogP contribution in [0.15, 0.2) is 36.9 Å². The molecule has 3 aliphatic heterocycles. The first-order chi connectivity index (χ1) is 18.1. The minimum absolute atomic E-state index is 0.0809. The minimum Gasteiger partial charge on any atom is -0.481 e. The summed E-state index contributed by atoms with van der Waals surface area (Å²) in [6.07, 6.45) is 3.50. The van der Waals surface area contributed by atoms with Gasteiger partial charge in [-0.25, -0.2) is 4.68 Å². The number of aliphatic carboxylic acids is 1. The predicted molar refractivity (Wildman–Crippen MR) is 143 cm³/mol. The first kappa shape index (κ1) is 26.7. The topological polar surface area (TPSA) is 129 Å². The highest BCUT2D eigenvalue weighted by Crippen LogP contribution is 2.71. The number of thioether (sulfide) groups is 1. The molecule has 1 aromatic carbocycles. The molecule has 1 spiro atoms. The Hall–Kier alpha value is -2.92. The number of hydrogen-bond donors (Lipinski definition) is 2. The molecule has 10 nitrogen and oxygen atoms in total. The number of rotatable bonds is 10. The second-order valence-electron chi connectivity index (χ2n) is 11.0.